The molecule has 0 fully saturated rings. The Morgan fingerprint density at radius 1 is 0.939 bits per heavy atom. The van der Waals surface area contributed by atoms with E-state index in [9.17, 15) is 19.2 Å². The number of esters is 1. The zero-order valence-corrected chi connectivity index (χ0v) is 17.8. The van der Waals surface area contributed by atoms with Gasteiger partial charge in [-0.2, -0.15) is 5.26 Å². The molecule has 0 aliphatic carbocycles. The first-order chi connectivity index (χ1) is 15.9. The molecule has 1 amide bonds. The molecule has 0 unspecified atom stereocenters. The summed E-state index contributed by atoms with van der Waals surface area (Å²) >= 11 is 0. The standard InChI is InChI=1S/C25H19FN2O5/c1-31-21-10-8-20(9-11-21)28-24(29)18(15-27)13-16-3-12-22(23(14-16)32-2)33-25(30)17-4-6-19(26)7-5-17/h3-14H,1-2H3,(H,28,29)/b18-13+. The number of ether oxygens (including phenoxy) is 3. The van der Waals surface area contributed by atoms with Gasteiger partial charge in [0.1, 0.15) is 23.2 Å². The fourth-order valence-corrected chi connectivity index (χ4v) is 2.79. The number of halogens is 1. The van der Waals surface area contributed by atoms with E-state index < -0.39 is 17.7 Å². The van der Waals surface area contributed by atoms with Crippen molar-refractivity contribution in [3.05, 3.63) is 89.2 Å². The Hall–Kier alpha value is -4.64. The van der Waals surface area contributed by atoms with E-state index in [4.69, 9.17) is 14.2 Å². The third-order valence-electron chi connectivity index (χ3n) is 4.49. The predicted molar refractivity (Wildman–Crippen MR) is 120 cm³/mol. The Morgan fingerprint density at radius 2 is 1.64 bits per heavy atom. The highest BCUT2D eigenvalue weighted by Crippen LogP contribution is 2.30. The number of hydrogen-bond donors (Lipinski definition) is 1. The molecule has 0 radical (unpaired) electrons. The number of rotatable bonds is 7. The first-order valence-electron chi connectivity index (χ1n) is 9.66. The fourth-order valence-electron chi connectivity index (χ4n) is 2.79. The molecular weight excluding hydrogens is 427 g/mol. The van der Waals surface area contributed by atoms with Crippen molar-refractivity contribution in [3.8, 4) is 23.3 Å². The molecule has 33 heavy (non-hydrogen) atoms. The van der Waals surface area contributed by atoms with Crippen molar-refractivity contribution >= 4 is 23.6 Å². The van der Waals surface area contributed by atoms with Crippen LogP contribution in [0.1, 0.15) is 15.9 Å². The SMILES string of the molecule is COc1ccc(NC(=O)/C(C#N)=C/c2ccc(OC(=O)c3ccc(F)cc3)c(OC)c2)cc1. The van der Waals surface area contributed by atoms with E-state index in [1.165, 1.54) is 44.6 Å². The van der Waals surface area contributed by atoms with E-state index >= 15 is 0 Å². The molecule has 0 spiro atoms. The van der Waals surface area contributed by atoms with E-state index in [-0.39, 0.29) is 22.6 Å². The number of methoxy groups -OCH3 is 2. The summed E-state index contributed by atoms with van der Waals surface area (Å²) in [6.07, 6.45) is 1.38. The van der Waals surface area contributed by atoms with Gasteiger partial charge in [-0.1, -0.05) is 6.07 Å². The fraction of sp³-hybridized carbons (Fsp3) is 0.0800. The maximum Gasteiger partial charge on any atom is 0.343 e. The number of carbonyl (C=O) groups is 2. The van der Waals surface area contributed by atoms with Crippen LogP contribution < -0.4 is 19.5 Å². The Kier molecular flexibility index (Phi) is 7.39. The Balaban J connectivity index is 1.77. The summed E-state index contributed by atoms with van der Waals surface area (Å²) in [6.45, 7) is 0. The zero-order chi connectivity index (χ0) is 23.8. The van der Waals surface area contributed by atoms with Gasteiger partial charge in [0, 0.05) is 5.69 Å². The normalized spacial score (nSPS) is 10.7. The van der Waals surface area contributed by atoms with Gasteiger partial charge in [0.2, 0.25) is 0 Å². The summed E-state index contributed by atoms with van der Waals surface area (Å²) in [5.41, 5.74) is 1.02. The van der Waals surface area contributed by atoms with Crippen LogP contribution in [0, 0.1) is 17.1 Å². The summed E-state index contributed by atoms with van der Waals surface area (Å²) in [5, 5.41) is 12.1. The van der Waals surface area contributed by atoms with Crippen LogP contribution in [-0.4, -0.2) is 26.1 Å². The average molecular weight is 446 g/mol. The minimum Gasteiger partial charge on any atom is -0.497 e. The molecule has 0 saturated heterocycles. The quantitative estimate of drug-likeness (QED) is 0.246. The summed E-state index contributed by atoms with van der Waals surface area (Å²) < 4.78 is 28.7. The minimum absolute atomic E-state index is 0.130. The first kappa shape index (κ1) is 23.0. The number of anilines is 1. The summed E-state index contributed by atoms with van der Waals surface area (Å²) in [4.78, 5) is 24.8. The van der Waals surface area contributed by atoms with Gasteiger partial charge in [0.15, 0.2) is 11.5 Å². The van der Waals surface area contributed by atoms with Gasteiger partial charge in [-0.25, -0.2) is 9.18 Å². The lowest BCUT2D eigenvalue weighted by atomic mass is 10.1. The van der Waals surface area contributed by atoms with Gasteiger partial charge in [0.25, 0.3) is 5.91 Å². The molecule has 1 N–H and O–H groups in total. The lowest BCUT2D eigenvalue weighted by Gasteiger charge is -2.10. The number of benzene rings is 3. The van der Waals surface area contributed by atoms with Crippen LogP contribution in [0.2, 0.25) is 0 Å². The van der Waals surface area contributed by atoms with Crippen molar-refractivity contribution in [1.82, 2.24) is 0 Å². The molecule has 0 aromatic heterocycles. The van der Waals surface area contributed by atoms with Gasteiger partial charge >= 0.3 is 5.97 Å². The molecule has 3 aromatic rings. The highest BCUT2D eigenvalue weighted by molar-refractivity contribution is 6.09. The van der Waals surface area contributed by atoms with Gasteiger partial charge in [0.05, 0.1) is 19.8 Å². The smallest absolute Gasteiger partial charge is 0.343 e. The van der Waals surface area contributed by atoms with Crippen LogP contribution >= 0.6 is 0 Å². The number of carbonyl (C=O) groups excluding carboxylic acids is 2. The molecule has 0 bridgehead atoms. The van der Waals surface area contributed by atoms with Crippen molar-refractivity contribution < 1.29 is 28.2 Å². The second kappa shape index (κ2) is 10.6. The average Bonchev–Trinajstić information content (AvgIpc) is 2.84. The molecular formula is C25H19FN2O5. The number of nitriles is 1. The lowest BCUT2D eigenvalue weighted by molar-refractivity contribution is -0.112. The van der Waals surface area contributed by atoms with Crippen molar-refractivity contribution in [3.63, 3.8) is 0 Å². The Bertz CT molecular complexity index is 1230. The van der Waals surface area contributed by atoms with E-state index in [1.807, 2.05) is 6.07 Å². The topological polar surface area (TPSA) is 97.6 Å². The van der Waals surface area contributed by atoms with Crippen molar-refractivity contribution in [2.45, 2.75) is 0 Å². The Labute approximate surface area is 189 Å². The van der Waals surface area contributed by atoms with E-state index in [0.29, 0.717) is 17.0 Å². The maximum atomic E-state index is 13.0. The first-order valence-corrected chi connectivity index (χ1v) is 9.66. The molecule has 7 nitrogen and oxygen atoms in total. The van der Waals surface area contributed by atoms with E-state index in [2.05, 4.69) is 5.32 Å². The van der Waals surface area contributed by atoms with Crippen LogP contribution in [0.25, 0.3) is 6.08 Å². The Morgan fingerprint density at radius 3 is 2.24 bits per heavy atom. The molecule has 166 valence electrons. The summed E-state index contributed by atoms with van der Waals surface area (Å²) in [6, 6.07) is 18.0. The second-order valence-corrected chi connectivity index (χ2v) is 6.66. The maximum absolute atomic E-state index is 13.0. The second-order valence-electron chi connectivity index (χ2n) is 6.66. The molecule has 0 atom stereocenters. The number of amides is 1. The van der Waals surface area contributed by atoms with Gasteiger partial charge < -0.3 is 19.5 Å². The zero-order valence-electron chi connectivity index (χ0n) is 17.8. The van der Waals surface area contributed by atoms with E-state index in [1.54, 1.807) is 30.3 Å². The van der Waals surface area contributed by atoms with Gasteiger partial charge in [-0.15, -0.1) is 0 Å². The molecule has 0 saturated carbocycles. The number of nitrogens with one attached hydrogen (secondary N) is 1. The monoisotopic (exact) mass is 446 g/mol. The lowest BCUT2D eigenvalue weighted by Crippen LogP contribution is -2.13. The molecule has 0 aliphatic rings. The molecule has 3 rings (SSSR count). The van der Waals surface area contributed by atoms with Crippen LogP contribution in [0.15, 0.2) is 72.3 Å². The third-order valence-corrected chi connectivity index (χ3v) is 4.49. The molecule has 0 aliphatic heterocycles. The predicted octanol–water partition coefficient (Wildman–Crippen LogP) is 4.61. The highest BCUT2D eigenvalue weighted by atomic mass is 19.1. The summed E-state index contributed by atoms with van der Waals surface area (Å²) in [5.74, 6) is -0.764. The van der Waals surface area contributed by atoms with Crippen molar-refractivity contribution in [2.75, 3.05) is 19.5 Å². The number of hydrogen-bond acceptors (Lipinski definition) is 6. The molecule has 3 aromatic carbocycles. The van der Waals surface area contributed by atoms with Crippen LogP contribution in [-0.2, 0) is 4.79 Å². The molecule has 8 heteroatoms. The highest BCUT2D eigenvalue weighted by Gasteiger charge is 2.14. The molecule has 0 heterocycles. The van der Waals surface area contributed by atoms with Crippen LogP contribution in [0.5, 0.6) is 17.2 Å². The van der Waals surface area contributed by atoms with Crippen LogP contribution in [0.3, 0.4) is 0 Å². The van der Waals surface area contributed by atoms with E-state index in [0.717, 1.165) is 12.1 Å². The van der Waals surface area contributed by atoms with Gasteiger partial charge in [-0.05, 0) is 72.3 Å². The largest absolute Gasteiger partial charge is 0.497 e. The van der Waals surface area contributed by atoms with Crippen LogP contribution in [0.4, 0.5) is 10.1 Å². The third kappa shape index (κ3) is 5.95. The summed E-state index contributed by atoms with van der Waals surface area (Å²) in [7, 11) is 2.92. The minimum atomic E-state index is -0.687. The van der Waals surface area contributed by atoms with Crippen molar-refractivity contribution in [1.29, 1.82) is 5.26 Å². The number of nitrogens with zero attached hydrogens (tertiary/aromatic N) is 1. The van der Waals surface area contributed by atoms with Gasteiger partial charge in [-0.3, -0.25) is 4.79 Å². The van der Waals surface area contributed by atoms with Crippen molar-refractivity contribution in [2.24, 2.45) is 0 Å².